The molecule has 4 saturated carbocycles. The molecule has 3 heterocycles. The predicted molar refractivity (Wildman–Crippen MR) is 169 cm³/mol. The Balaban J connectivity index is 1.17. The molecule has 0 unspecified atom stereocenters. The molecule has 10 nitrogen and oxygen atoms in total. The molecule has 4 aliphatic carbocycles. The first kappa shape index (κ1) is 32.3. The summed E-state index contributed by atoms with van der Waals surface area (Å²) in [5.74, 6) is -0.111. The van der Waals surface area contributed by atoms with E-state index in [1.54, 1.807) is 25.6 Å². The molecule has 0 spiro atoms. The SMILES string of the molecule is CO[C@H]1C[C@H](O[C@@H]2CC[C@]3(C=NCc4ccncc4)[C@H]4CC[C@]5(C)[C@H](C6=CC(=O)OC6)CC[C@]5(O)[C@H]4CC[C@@]3(O)C2)O[C@H](C)[C@H]1O. The maximum absolute atomic E-state index is 12.8. The maximum atomic E-state index is 12.8. The van der Waals surface area contributed by atoms with Gasteiger partial charge < -0.3 is 34.3 Å². The van der Waals surface area contributed by atoms with Crippen molar-refractivity contribution < 1.29 is 39.1 Å². The van der Waals surface area contributed by atoms with Gasteiger partial charge in [-0.2, -0.15) is 0 Å². The second-order valence-corrected chi connectivity index (χ2v) is 15.2. The van der Waals surface area contributed by atoms with Gasteiger partial charge in [-0.05, 0) is 99.3 Å². The average molecular weight is 639 g/mol. The van der Waals surface area contributed by atoms with Crippen LogP contribution in [0.15, 0.2) is 41.2 Å². The molecule has 0 amide bonds. The van der Waals surface area contributed by atoms with Crippen molar-refractivity contribution >= 4 is 12.2 Å². The minimum atomic E-state index is -1.06. The summed E-state index contributed by atoms with van der Waals surface area (Å²) >= 11 is 0. The summed E-state index contributed by atoms with van der Waals surface area (Å²) in [5.41, 5.74) is -0.871. The van der Waals surface area contributed by atoms with E-state index in [1.807, 2.05) is 19.1 Å². The van der Waals surface area contributed by atoms with Crippen LogP contribution < -0.4 is 0 Å². The van der Waals surface area contributed by atoms with E-state index in [-0.39, 0.29) is 41.3 Å². The zero-order chi connectivity index (χ0) is 32.3. The van der Waals surface area contributed by atoms with Crippen LogP contribution in [0.25, 0.3) is 0 Å². The van der Waals surface area contributed by atoms with Crippen molar-refractivity contribution in [2.24, 2.45) is 33.6 Å². The van der Waals surface area contributed by atoms with Crippen molar-refractivity contribution in [2.45, 2.75) is 127 Å². The van der Waals surface area contributed by atoms with E-state index in [2.05, 4.69) is 18.1 Å². The molecule has 1 aromatic rings. The number of aliphatic hydroxyl groups excluding tert-OH is 1. The number of hydrogen-bond acceptors (Lipinski definition) is 10. The molecule has 0 radical (unpaired) electrons. The van der Waals surface area contributed by atoms with Crippen molar-refractivity contribution in [2.75, 3.05) is 13.7 Å². The quantitative estimate of drug-likeness (QED) is 0.231. The van der Waals surface area contributed by atoms with Crippen LogP contribution >= 0.6 is 0 Å². The molecule has 46 heavy (non-hydrogen) atoms. The van der Waals surface area contributed by atoms with Gasteiger partial charge in [-0.3, -0.25) is 9.98 Å². The Morgan fingerprint density at radius 3 is 2.61 bits per heavy atom. The number of aliphatic hydroxyl groups is 3. The third-order valence-electron chi connectivity index (χ3n) is 13.3. The highest BCUT2D eigenvalue weighted by molar-refractivity contribution is 5.85. The number of esters is 1. The Kier molecular flexibility index (Phi) is 8.46. The number of carbonyl (C=O) groups is 1. The van der Waals surface area contributed by atoms with Gasteiger partial charge in [-0.15, -0.1) is 0 Å². The van der Waals surface area contributed by atoms with Gasteiger partial charge in [0.1, 0.15) is 12.7 Å². The van der Waals surface area contributed by atoms with Crippen molar-refractivity contribution in [1.82, 2.24) is 4.98 Å². The van der Waals surface area contributed by atoms with Crippen LogP contribution in [0, 0.1) is 28.6 Å². The highest BCUT2D eigenvalue weighted by Crippen LogP contribution is 2.70. The van der Waals surface area contributed by atoms with E-state index in [4.69, 9.17) is 23.9 Å². The van der Waals surface area contributed by atoms with Crippen LogP contribution in [0.1, 0.15) is 83.6 Å². The fourth-order valence-electron chi connectivity index (χ4n) is 10.8. The highest BCUT2D eigenvalue weighted by atomic mass is 16.7. The van der Waals surface area contributed by atoms with Gasteiger partial charge in [0, 0.05) is 55.5 Å². The monoisotopic (exact) mass is 638 g/mol. The minimum Gasteiger partial charge on any atom is -0.458 e. The number of carbonyl (C=O) groups excluding carboxylic acids is 1. The van der Waals surface area contributed by atoms with Crippen LogP contribution in [0.2, 0.25) is 0 Å². The molecule has 0 bridgehead atoms. The molecule has 252 valence electrons. The molecule has 5 fully saturated rings. The van der Waals surface area contributed by atoms with E-state index in [1.165, 1.54) is 0 Å². The molecule has 6 aliphatic rings. The lowest BCUT2D eigenvalue weighted by Gasteiger charge is -2.66. The fourth-order valence-corrected chi connectivity index (χ4v) is 10.8. The van der Waals surface area contributed by atoms with E-state index >= 15 is 0 Å². The van der Waals surface area contributed by atoms with Crippen LogP contribution in [0.4, 0.5) is 0 Å². The van der Waals surface area contributed by atoms with Crippen LogP contribution in [-0.2, 0) is 30.3 Å². The van der Waals surface area contributed by atoms with Crippen molar-refractivity contribution in [1.29, 1.82) is 0 Å². The van der Waals surface area contributed by atoms with Gasteiger partial charge in [0.15, 0.2) is 6.29 Å². The number of aliphatic imine (C=N–C) groups is 1. The number of cyclic esters (lactones) is 1. The second-order valence-electron chi connectivity index (χ2n) is 15.2. The first-order valence-electron chi connectivity index (χ1n) is 17.3. The Morgan fingerprint density at radius 1 is 1.09 bits per heavy atom. The number of pyridine rings is 1. The van der Waals surface area contributed by atoms with Crippen LogP contribution in [0.3, 0.4) is 0 Å². The molecular formula is C36H50N2O8. The standard InChI is InChI=1S/C36H50N2O8/c1-22-32(40)29(43-3)17-31(45-22)46-25-4-11-34(21-38-19-23-8-14-37-15-9-23)27-5-10-33(2)26(24-16-30(39)44-20-24)7-13-36(33,42)28(27)6-12-35(34,41)18-25/h8-9,14-16,21-22,25-29,31-32,40-42H,4-7,10-13,17-20H2,1-3H3/t22-,25-,26+,27+,28+,29+,31+,32-,33-,34+,35-,36+/m1/s1. The summed E-state index contributed by atoms with van der Waals surface area (Å²) in [7, 11) is 1.60. The highest BCUT2D eigenvalue weighted by Gasteiger charge is 2.71. The number of hydrogen-bond donors (Lipinski definition) is 3. The average Bonchev–Trinajstić information content (AvgIpc) is 3.58. The summed E-state index contributed by atoms with van der Waals surface area (Å²) < 4.78 is 23.4. The Labute approximate surface area is 271 Å². The fraction of sp³-hybridized carbons (Fsp3) is 0.750. The van der Waals surface area contributed by atoms with Gasteiger partial charge >= 0.3 is 5.97 Å². The summed E-state index contributed by atoms with van der Waals surface area (Å²) in [5, 5.41) is 36.0. The lowest BCUT2D eigenvalue weighted by Crippen LogP contribution is -2.69. The lowest BCUT2D eigenvalue weighted by atomic mass is 9.41. The second kappa shape index (κ2) is 12.0. The van der Waals surface area contributed by atoms with Gasteiger partial charge in [0.2, 0.25) is 0 Å². The molecule has 0 aromatic carbocycles. The topological polar surface area (TPSA) is 140 Å². The van der Waals surface area contributed by atoms with Crippen LogP contribution in [0.5, 0.6) is 0 Å². The van der Waals surface area contributed by atoms with Crippen molar-refractivity contribution in [3.05, 3.63) is 41.7 Å². The number of nitrogens with zero attached hydrogens (tertiary/aromatic N) is 2. The summed E-state index contributed by atoms with van der Waals surface area (Å²) in [6.45, 7) is 4.87. The first-order chi connectivity index (χ1) is 22.0. The van der Waals surface area contributed by atoms with Crippen molar-refractivity contribution in [3.63, 3.8) is 0 Å². The number of ether oxygens (including phenoxy) is 4. The first-order valence-corrected chi connectivity index (χ1v) is 17.3. The predicted octanol–water partition coefficient (Wildman–Crippen LogP) is 3.90. The van der Waals surface area contributed by atoms with E-state index in [0.717, 1.165) is 43.2 Å². The molecule has 1 saturated heterocycles. The third kappa shape index (κ3) is 5.10. The number of fused-ring (bicyclic) bond motifs is 5. The Bertz CT molecular complexity index is 1360. The van der Waals surface area contributed by atoms with Gasteiger partial charge in [0.25, 0.3) is 0 Å². The van der Waals surface area contributed by atoms with Crippen molar-refractivity contribution in [3.8, 4) is 0 Å². The van der Waals surface area contributed by atoms with Gasteiger partial charge in [0.05, 0.1) is 36.1 Å². The molecule has 1 aromatic heterocycles. The normalized spacial score (nSPS) is 47.2. The molecule has 3 N–H and O–H groups in total. The number of methoxy groups -OCH3 is 1. The zero-order valence-corrected chi connectivity index (χ0v) is 27.3. The van der Waals surface area contributed by atoms with E-state index in [0.29, 0.717) is 45.3 Å². The van der Waals surface area contributed by atoms with E-state index in [9.17, 15) is 20.1 Å². The maximum Gasteiger partial charge on any atom is 0.331 e. The molecule has 10 heteroatoms. The smallest absolute Gasteiger partial charge is 0.331 e. The minimum absolute atomic E-state index is 0.00599. The lowest BCUT2D eigenvalue weighted by molar-refractivity contribution is -0.284. The Hall–Kier alpha value is -2.21. The van der Waals surface area contributed by atoms with Gasteiger partial charge in [-0.25, -0.2) is 4.79 Å². The summed E-state index contributed by atoms with van der Waals surface area (Å²) in [4.78, 5) is 21.1. The number of rotatable bonds is 7. The molecular weight excluding hydrogens is 588 g/mol. The van der Waals surface area contributed by atoms with Crippen LogP contribution in [-0.4, -0.2) is 88.1 Å². The zero-order valence-electron chi connectivity index (χ0n) is 27.3. The van der Waals surface area contributed by atoms with Gasteiger partial charge in [-0.1, -0.05) is 6.92 Å². The molecule has 7 rings (SSSR count). The largest absolute Gasteiger partial charge is 0.458 e. The summed E-state index contributed by atoms with van der Waals surface area (Å²) in [6, 6.07) is 3.93. The third-order valence-corrected chi connectivity index (χ3v) is 13.3. The van der Waals surface area contributed by atoms with E-state index < -0.39 is 35.1 Å². The number of aromatic nitrogens is 1. The summed E-state index contributed by atoms with van der Waals surface area (Å²) in [6.07, 6.45) is 11.8. The molecule has 2 aliphatic heterocycles. The molecule has 12 atom stereocenters. The Morgan fingerprint density at radius 2 is 1.87 bits per heavy atom.